The van der Waals surface area contributed by atoms with Crippen LogP contribution in [-0.4, -0.2) is 30.2 Å². The monoisotopic (exact) mass is 272 g/mol. The molecule has 0 aliphatic heterocycles. The van der Waals surface area contributed by atoms with Crippen molar-refractivity contribution >= 4 is 12.0 Å². The van der Waals surface area contributed by atoms with Gasteiger partial charge in [0.25, 0.3) is 0 Å². The maximum atomic E-state index is 11.6. The molecule has 0 heterocycles. The van der Waals surface area contributed by atoms with E-state index in [1.54, 1.807) is 6.92 Å². The van der Waals surface area contributed by atoms with Crippen molar-refractivity contribution < 1.29 is 14.7 Å². The average Bonchev–Trinajstić information content (AvgIpc) is 2.31. The van der Waals surface area contributed by atoms with Crippen LogP contribution in [0.1, 0.15) is 47.5 Å². The molecule has 1 atom stereocenters. The standard InChI is InChI=1S/C14H28N2O3/c1-10(2)14(4,5)9-16-13(19)15-8-6-7-11(3)12(17)18/h10-11H,6-9H2,1-5H3,(H,17,18)(H2,15,16,19). The van der Waals surface area contributed by atoms with Gasteiger partial charge in [0.05, 0.1) is 5.92 Å². The van der Waals surface area contributed by atoms with Crippen molar-refractivity contribution in [2.75, 3.05) is 13.1 Å². The maximum absolute atomic E-state index is 11.6. The van der Waals surface area contributed by atoms with Crippen LogP contribution in [0.25, 0.3) is 0 Å². The van der Waals surface area contributed by atoms with E-state index in [1.165, 1.54) is 0 Å². The van der Waals surface area contributed by atoms with Gasteiger partial charge in [-0.05, 0) is 24.2 Å². The Morgan fingerprint density at radius 3 is 2.21 bits per heavy atom. The Hall–Kier alpha value is -1.26. The van der Waals surface area contributed by atoms with Gasteiger partial charge in [-0.2, -0.15) is 0 Å². The smallest absolute Gasteiger partial charge is 0.314 e. The molecule has 0 aromatic rings. The van der Waals surface area contributed by atoms with Gasteiger partial charge in [0.1, 0.15) is 0 Å². The molecular weight excluding hydrogens is 244 g/mol. The molecule has 0 rings (SSSR count). The first-order chi connectivity index (χ1) is 8.66. The lowest BCUT2D eigenvalue weighted by Crippen LogP contribution is -2.42. The van der Waals surface area contributed by atoms with Gasteiger partial charge in [0.15, 0.2) is 0 Å². The lowest BCUT2D eigenvalue weighted by atomic mass is 9.81. The Bertz CT molecular complexity index is 301. The van der Waals surface area contributed by atoms with Crippen LogP contribution in [0.15, 0.2) is 0 Å². The average molecular weight is 272 g/mol. The van der Waals surface area contributed by atoms with Crippen molar-refractivity contribution in [2.45, 2.75) is 47.5 Å². The van der Waals surface area contributed by atoms with Gasteiger partial charge in [-0.3, -0.25) is 4.79 Å². The number of carbonyl (C=O) groups is 2. The zero-order valence-electron chi connectivity index (χ0n) is 12.7. The minimum absolute atomic E-state index is 0.0646. The highest BCUT2D eigenvalue weighted by Crippen LogP contribution is 2.24. The number of aliphatic carboxylic acids is 1. The summed E-state index contributed by atoms with van der Waals surface area (Å²) in [6.45, 7) is 11.3. The first kappa shape index (κ1) is 17.7. The summed E-state index contributed by atoms with van der Waals surface area (Å²) >= 11 is 0. The highest BCUT2D eigenvalue weighted by atomic mass is 16.4. The Balaban J connectivity index is 3.75. The summed E-state index contributed by atoms with van der Waals surface area (Å²) in [6.07, 6.45) is 1.25. The second kappa shape index (κ2) is 8.02. The van der Waals surface area contributed by atoms with Crippen molar-refractivity contribution in [1.82, 2.24) is 10.6 Å². The van der Waals surface area contributed by atoms with Gasteiger partial charge >= 0.3 is 12.0 Å². The lowest BCUT2D eigenvalue weighted by molar-refractivity contribution is -0.141. The van der Waals surface area contributed by atoms with E-state index in [4.69, 9.17) is 5.11 Å². The predicted octanol–water partition coefficient (Wildman–Crippen LogP) is 2.47. The molecular formula is C14H28N2O3. The summed E-state index contributed by atoms with van der Waals surface area (Å²) in [5.74, 6) is -0.655. The SMILES string of the molecule is CC(CCCNC(=O)NCC(C)(C)C(C)C)C(=O)O. The second-order valence-corrected chi connectivity index (χ2v) is 6.13. The largest absolute Gasteiger partial charge is 0.481 e. The lowest BCUT2D eigenvalue weighted by Gasteiger charge is -2.29. The van der Waals surface area contributed by atoms with Crippen molar-refractivity contribution in [3.63, 3.8) is 0 Å². The molecule has 0 fully saturated rings. The first-order valence-electron chi connectivity index (χ1n) is 6.91. The fourth-order valence-corrected chi connectivity index (χ4v) is 1.31. The van der Waals surface area contributed by atoms with Gasteiger partial charge in [0.2, 0.25) is 0 Å². The Morgan fingerprint density at radius 1 is 1.16 bits per heavy atom. The molecule has 0 aliphatic rings. The number of hydrogen-bond acceptors (Lipinski definition) is 2. The molecule has 0 bridgehead atoms. The summed E-state index contributed by atoms with van der Waals surface area (Å²) in [5, 5.41) is 14.3. The van der Waals surface area contributed by atoms with Gasteiger partial charge in [-0.15, -0.1) is 0 Å². The zero-order valence-corrected chi connectivity index (χ0v) is 12.7. The van der Waals surface area contributed by atoms with E-state index in [-0.39, 0.29) is 17.4 Å². The molecule has 112 valence electrons. The number of amides is 2. The minimum atomic E-state index is -0.789. The van der Waals surface area contributed by atoms with Gasteiger partial charge in [0, 0.05) is 13.1 Å². The Labute approximate surface area is 116 Å². The predicted molar refractivity (Wildman–Crippen MR) is 76.1 cm³/mol. The van der Waals surface area contributed by atoms with E-state index in [0.29, 0.717) is 31.8 Å². The quantitative estimate of drug-likeness (QED) is 0.594. The van der Waals surface area contributed by atoms with Crippen LogP contribution in [0.4, 0.5) is 4.79 Å². The molecule has 0 aliphatic carbocycles. The van der Waals surface area contributed by atoms with Crippen LogP contribution in [0.3, 0.4) is 0 Å². The maximum Gasteiger partial charge on any atom is 0.314 e. The summed E-state index contributed by atoms with van der Waals surface area (Å²) in [5.41, 5.74) is 0.0646. The highest BCUT2D eigenvalue weighted by Gasteiger charge is 2.22. The van der Waals surface area contributed by atoms with E-state index in [0.717, 1.165) is 0 Å². The fraction of sp³-hybridized carbons (Fsp3) is 0.857. The normalized spacial score (nSPS) is 13.2. The minimum Gasteiger partial charge on any atom is -0.481 e. The molecule has 2 amide bonds. The molecule has 0 saturated heterocycles. The van der Waals surface area contributed by atoms with Gasteiger partial charge in [-0.25, -0.2) is 4.79 Å². The molecule has 0 saturated carbocycles. The third-order valence-corrected chi connectivity index (χ3v) is 3.79. The van der Waals surface area contributed by atoms with E-state index in [2.05, 4.69) is 38.3 Å². The second-order valence-electron chi connectivity index (χ2n) is 6.13. The number of urea groups is 1. The van der Waals surface area contributed by atoms with E-state index >= 15 is 0 Å². The summed E-state index contributed by atoms with van der Waals surface area (Å²) < 4.78 is 0. The van der Waals surface area contributed by atoms with Crippen molar-refractivity contribution in [3.05, 3.63) is 0 Å². The molecule has 0 aromatic heterocycles. The van der Waals surface area contributed by atoms with Crippen LogP contribution in [-0.2, 0) is 4.79 Å². The Morgan fingerprint density at radius 2 is 1.74 bits per heavy atom. The number of rotatable bonds is 8. The van der Waals surface area contributed by atoms with Gasteiger partial charge < -0.3 is 15.7 Å². The number of nitrogens with one attached hydrogen (secondary N) is 2. The van der Waals surface area contributed by atoms with Crippen LogP contribution < -0.4 is 10.6 Å². The van der Waals surface area contributed by atoms with Crippen molar-refractivity contribution in [2.24, 2.45) is 17.3 Å². The van der Waals surface area contributed by atoms with Crippen LogP contribution in [0.5, 0.6) is 0 Å². The molecule has 0 spiro atoms. The first-order valence-corrected chi connectivity index (χ1v) is 6.91. The third kappa shape index (κ3) is 7.70. The molecule has 1 unspecified atom stereocenters. The molecule has 5 heteroatoms. The molecule has 3 N–H and O–H groups in total. The number of carboxylic acids is 1. The summed E-state index contributed by atoms with van der Waals surface area (Å²) in [7, 11) is 0. The molecule has 0 radical (unpaired) electrons. The summed E-state index contributed by atoms with van der Waals surface area (Å²) in [4.78, 5) is 22.2. The highest BCUT2D eigenvalue weighted by molar-refractivity contribution is 5.73. The number of carboxylic acid groups (broad SMARTS) is 1. The zero-order chi connectivity index (χ0) is 15.1. The third-order valence-electron chi connectivity index (χ3n) is 3.79. The molecule has 0 aromatic carbocycles. The number of hydrogen-bond donors (Lipinski definition) is 3. The Kier molecular flexibility index (Phi) is 7.49. The van der Waals surface area contributed by atoms with Crippen LogP contribution in [0, 0.1) is 17.3 Å². The van der Waals surface area contributed by atoms with E-state index in [9.17, 15) is 9.59 Å². The van der Waals surface area contributed by atoms with Crippen molar-refractivity contribution in [1.29, 1.82) is 0 Å². The molecule has 5 nitrogen and oxygen atoms in total. The number of carbonyl (C=O) groups excluding carboxylic acids is 1. The topological polar surface area (TPSA) is 78.4 Å². The summed E-state index contributed by atoms with van der Waals surface area (Å²) in [6, 6.07) is -0.184. The van der Waals surface area contributed by atoms with Crippen LogP contribution in [0.2, 0.25) is 0 Å². The van der Waals surface area contributed by atoms with E-state index < -0.39 is 5.97 Å². The van der Waals surface area contributed by atoms with Crippen LogP contribution >= 0.6 is 0 Å². The van der Waals surface area contributed by atoms with Gasteiger partial charge in [-0.1, -0.05) is 34.6 Å². The fourth-order valence-electron chi connectivity index (χ4n) is 1.31. The van der Waals surface area contributed by atoms with E-state index in [1.807, 2.05) is 0 Å². The van der Waals surface area contributed by atoms with Crippen molar-refractivity contribution in [3.8, 4) is 0 Å². The molecule has 19 heavy (non-hydrogen) atoms.